The van der Waals surface area contributed by atoms with Crippen LogP contribution in [0.4, 0.5) is 0 Å². The molecule has 1 aliphatic carbocycles. The number of aromatic nitrogens is 4. The predicted molar refractivity (Wildman–Crippen MR) is 61.4 cm³/mol. The summed E-state index contributed by atoms with van der Waals surface area (Å²) in [5.74, 6) is 0.426. The van der Waals surface area contributed by atoms with Crippen LogP contribution in [0.5, 0.6) is 0 Å². The maximum absolute atomic E-state index is 11.8. The SMILES string of the molecule is CN(C(=O)CSc1nnnn1CCO)C1CC1. The number of rotatable bonds is 6. The van der Waals surface area contributed by atoms with Gasteiger partial charge in [0, 0.05) is 13.1 Å². The molecule has 0 atom stereocenters. The number of hydrogen-bond donors (Lipinski definition) is 1. The molecule has 7 nitrogen and oxygen atoms in total. The fourth-order valence-corrected chi connectivity index (χ4v) is 2.26. The molecule has 0 bridgehead atoms. The Morgan fingerprint density at radius 3 is 3.06 bits per heavy atom. The van der Waals surface area contributed by atoms with Gasteiger partial charge in [0.1, 0.15) is 0 Å². The molecule has 0 aliphatic heterocycles. The Labute approximate surface area is 103 Å². The Balaban J connectivity index is 1.84. The van der Waals surface area contributed by atoms with Crippen molar-refractivity contribution in [3.63, 3.8) is 0 Å². The van der Waals surface area contributed by atoms with Crippen molar-refractivity contribution in [2.45, 2.75) is 30.6 Å². The monoisotopic (exact) mass is 257 g/mol. The number of aliphatic hydroxyl groups excluding tert-OH is 1. The maximum Gasteiger partial charge on any atom is 0.233 e. The molecule has 2 rings (SSSR count). The minimum atomic E-state index is -0.0193. The number of tetrazole rings is 1. The summed E-state index contributed by atoms with van der Waals surface area (Å²) in [4.78, 5) is 13.6. The van der Waals surface area contributed by atoms with Crippen LogP contribution in [0.25, 0.3) is 0 Å². The van der Waals surface area contributed by atoms with Crippen molar-refractivity contribution < 1.29 is 9.90 Å². The number of nitrogens with zero attached hydrogens (tertiary/aromatic N) is 5. The Hall–Kier alpha value is -1.15. The second-order valence-electron chi connectivity index (χ2n) is 3.93. The van der Waals surface area contributed by atoms with Crippen LogP contribution >= 0.6 is 11.8 Å². The van der Waals surface area contributed by atoms with Crippen LogP contribution in [-0.4, -0.2) is 61.6 Å². The first-order valence-corrected chi connectivity index (χ1v) is 6.46. The number of thioether (sulfide) groups is 1. The van der Waals surface area contributed by atoms with E-state index in [1.807, 2.05) is 7.05 Å². The van der Waals surface area contributed by atoms with Gasteiger partial charge in [0.15, 0.2) is 0 Å². The first-order valence-electron chi connectivity index (χ1n) is 5.48. The lowest BCUT2D eigenvalue weighted by Crippen LogP contribution is -2.30. The minimum Gasteiger partial charge on any atom is -0.394 e. The van der Waals surface area contributed by atoms with Gasteiger partial charge in [-0.2, -0.15) is 0 Å². The highest BCUT2D eigenvalue weighted by Crippen LogP contribution is 2.26. The Morgan fingerprint density at radius 2 is 2.41 bits per heavy atom. The summed E-state index contributed by atoms with van der Waals surface area (Å²) in [7, 11) is 1.83. The van der Waals surface area contributed by atoms with E-state index in [4.69, 9.17) is 5.11 Å². The normalized spacial score (nSPS) is 14.9. The number of carbonyl (C=O) groups is 1. The van der Waals surface area contributed by atoms with Crippen LogP contribution in [-0.2, 0) is 11.3 Å². The molecule has 1 saturated carbocycles. The molecule has 1 aromatic heterocycles. The van der Waals surface area contributed by atoms with Gasteiger partial charge < -0.3 is 10.0 Å². The van der Waals surface area contributed by atoms with E-state index in [9.17, 15) is 4.79 Å². The molecule has 0 spiro atoms. The van der Waals surface area contributed by atoms with Crippen molar-refractivity contribution in [3.8, 4) is 0 Å². The van der Waals surface area contributed by atoms with Crippen molar-refractivity contribution in [1.29, 1.82) is 0 Å². The van der Waals surface area contributed by atoms with Crippen molar-refractivity contribution in [2.24, 2.45) is 0 Å². The van der Waals surface area contributed by atoms with Gasteiger partial charge in [-0.15, -0.1) is 5.10 Å². The Kier molecular flexibility index (Phi) is 3.95. The van der Waals surface area contributed by atoms with E-state index in [1.165, 1.54) is 16.4 Å². The molecule has 0 aromatic carbocycles. The van der Waals surface area contributed by atoms with E-state index < -0.39 is 0 Å². The molecule has 94 valence electrons. The summed E-state index contributed by atoms with van der Waals surface area (Å²) < 4.78 is 1.50. The van der Waals surface area contributed by atoms with Gasteiger partial charge in [-0.3, -0.25) is 4.79 Å². The summed E-state index contributed by atoms with van der Waals surface area (Å²) in [6.07, 6.45) is 2.21. The Bertz CT molecular complexity index is 392. The number of carbonyl (C=O) groups excluding carboxylic acids is 1. The van der Waals surface area contributed by atoms with Gasteiger partial charge in [0.05, 0.1) is 18.9 Å². The van der Waals surface area contributed by atoms with Gasteiger partial charge >= 0.3 is 0 Å². The highest BCUT2D eigenvalue weighted by molar-refractivity contribution is 7.99. The van der Waals surface area contributed by atoms with E-state index >= 15 is 0 Å². The maximum atomic E-state index is 11.8. The lowest BCUT2D eigenvalue weighted by Gasteiger charge is -2.15. The minimum absolute atomic E-state index is 0.0193. The molecule has 1 amide bonds. The van der Waals surface area contributed by atoms with Crippen LogP contribution in [0, 0.1) is 0 Å². The fraction of sp³-hybridized carbons (Fsp3) is 0.778. The largest absolute Gasteiger partial charge is 0.394 e. The van der Waals surface area contributed by atoms with Crippen molar-refractivity contribution in [3.05, 3.63) is 0 Å². The van der Waals surface area contributed by atoms with Crippen LogP contribution in [0.15, 0.2) is 5.16 Å². The molecule has 1 aromatic rings. The molecule has 0 saturated heterocycles. The smallest absolute Gasteiger partial charge is 0.233 e. The molecule has 0 radical (unpaired) electrons. The zero-order valence-electron chi connectivity index (χ0n) is 9.61. The third kappa shape index (κ3) is 3.16. The second kappa shape index (κ2) is 5.46. The number of amides is 1. The average molecular weight is 257 g/mol. The summed E-state index contributed by atoms with van der Waals surface area (Å²) >= 11 is 1.30. The van der Waals surface area contributed by atoms with Crippen molar-refractivity contribution in [1.82, 2.24) is 25.1 Å². The lowest BCUT2D eigenvalue weighted by atomic mass is 10.5. The van der Waals surface area contributed by atoms with Crippen LogP contribution in [0.1, 0.15) is 12.8 Å². The van der Waals surface area contributed by atoms with Gasteiger partial charge in [0.25, 0.3) is 0 Å². The lowest BCUT2D eigenvalue weighted by molar-refractivity contribution is -0.127. The van der Waals surface area contributed by atoms with E-state index in [2.05, 4.69) is 15.5 Å². The third-order valence-electron chi connectivity index (χ3n) is 2.62. The fourth-order valence-electron chi connectivity index (χ4n) is 1.43. The molecule has 8 heteroatoms. The van der Waals surface area contributed by atoms with Crippen molar-refractivity contribution >= 4 is 17.7 Å². The van der Waals surface area contributed by atoms with E-state index in [0.717, 1.165) is 12.8 Å². The zero-order valence-corrected chi connectivity index (χ0v) is 10.4. The molecule has 0 unspecified atom stereocenters. The topological polar surface area (TPSA) is 84.1 Å². The summed E-state index contributed by atoms with van der Waals surface area (Å²) in [6.45, 7) is 0.330. The first-order chi connectivity index (χ1) is 8.22. The number of hydrogen-bond acceptors (Lipinski definition) is 6. The van der Waals surface area contributed by atoms with E-state index in [1.54, 1.807) is 4.90 Å². The van der Waals surface area contributed by atoms with Crippen LogP contribution in [0.3, 0.4) is 0 Å². The third-order valence-corrected chi connectivity index (χ3v) is 3.57. The van der Waals surface area contributed by atoms with Gasteiger partial charge in [-0.25, -0.2) is 4.68 Å². The molecular formula is C9H15N5O2S. The zero-order chi connectivity index (χ0) is 12.3. The summed E-state index contributed by atoms with van der Waals surface area (Å²) in [5.41, 5.74) is 0. The molecular weight excluding hydrogens is 242 g/mol. The second-order valence-corrected chi connectivity index (χ2v) is 4.88. The highest BCUT2D eigenvalue weighted by atomic mass is 32.2. The molecule has 1 fully saturated rings. The van der Waals surface area contributed by atoms with Crippen LogP contribution in [0.2, 0.25) is 0 Å². The van der Waals surface area contributed by atoms with Gasteiger partial charge in [-0.05, 0) is 23.3 Å². The molecule has 1 aliphatic rings. The standard InChI is InChI=1S/C9H15N5O2S/c1-13(7-2-3-7)8(16)6-17-9-10-11-12-14(9)4-5-15/h7,15H,2-6H2,1H3. The van der Waals surface area contributed by atoms with Gasteiger partial charge in [0.2, 0.25) is 11.1 Å². The Morgan fingerprint density at radius 1 is 1.65 bits per heavy atom. The molecule has 17 heavy (non-hydrogen) atoms. The molecule has 1 heterocycles. The van der Waals surface area contributed by atoms with E-state index in [-0.39, 0.29) is 12.5 Å². The molecule has 1 N–H and O–H groups in total. The van der Waals surface area contributed by atoms with Crippen molar-refractivity contribution in [2.75, 3.05) is 19.4 Å². The van der Waals surface area contributed by atoms with Gasteiger partial charge in [-0.1, -0.05) is 11.8 Å². The average Bonchev–Trinajstić information content (AvgIpc) is 3.08. The summed E-state index contributed by atoms with van der Waals surface area (Å²) in [6, 6.07) is 0.427. The number of aliphatic hydroxyl groups is 1. The quantitative estimate of drug-likeness (QED) is 0.684. The summed E-state index contributed by atoms with van der Waals surface area (Å²) in [5, 5.41) is 20.4. The highest BCUT2D eigenvalue weighted by Gasteiger charge is 2.29. The predicted octanol–water partition coefficient (Wildman–Crippen LogP) is -0.622. The van der Waals surface area contributed by atoms with Crippen LogP contribution < -0.4 is 0 Å². The van der Waals surface area contributed by atoms with E-state index in [0.29, 0.717) is 23.5 Å². The first kappa shape index (κ1) is 12.3.